The van der Waals surface area contributed by atoms with E-state index in [-0.39, 0.29) is 18.2 Å². The smallest absolute Gasteiger partial charge is 0.389 e. The molecule has 0 aromatic heterocycles. The number of hydrogen-bond acceptors (Lipinski definition) is 3. The molecule has 4 rings (SSSR count). The third kappa shape index (κ3) is 6.59. The Hall–Kier alpha value is -2.41. The van der Waals surface area contributed by atoms with Crippen molar-refractivity contribution in [2.24, 2.45) is 5.92 Å². The third-order valence-corrected chi connectivity index (χ3v) is 6.36. The summed E-state index contributed by atoms with van der Waals surface area (Å²) in [6, 6.07) is 19.9. The highest BCUT2D eigenvalue weighted by Gasteiger charge is 2.35. The normalized spacial score (nSPS) is 16.5. The van der Waals surface area contributed by atoms with Gasteiger partial charge in [0.05, 0.1) is 24.4 Å². The van der Waals surface area contributed by atoms with Crippen LogP contribution in [0.15, 0.2) is 66.7 Å². The molecule has 1 aliphatic rings. The minimum Gasteiger partial charge on any atom is -0.389 e. The Morgan fingerprint density at radius 3 is 2.29 bits per heavy atom. The van der Waals surface area contributed by atoms with Crippen molar-refractivity contribution in [3.63, 3.8) is 0 Å². The van der Waals surface area contributed by atoms with E-state index in [9.17, 15) is 18.3 Å². The molecule has 34 heavy (non-hydrogen) atoms. The highest BCUT2D eigenvalue weighted by atomic mass is 19.4. The van der Waals surface area contributed by atoms with E-state index in [1.807, 2.05) is 12.1 Å². The second-order valence-corrected chi connectivity index (χ2v) is 9.99. The molecule has 2 N–H and O–H groups in total. The van der Waals surface area contributed by atoms with E-state index in [1.54, 1.807) is 0 Å². The second kappa shape index (κ2) is 10.1. The Labute approximate surface area is 198 Å². The Morgan fingerprint density at radius 2 is 1.65 bits per heavy atom. The van der Waals surface area contributed by atoms with Crippen LogP contribution in [0.4, 0.5) is 13.2 Å². The molecule has 3 aromatic carbocycles. The lowest BCUT2D eigenvalue weighted by Crippen LogP contribution is -2.46. The van der Waals surface area contributed by atoms with Crippen molar-refractivity contribution >= 4 is 10.8 Å². The van der Waals surface area contributed by atoms with Crippen LogP contribution in [0, 0.1) is 5.92 Å². The lowest BCUT2D eigenvalue weighted by molar-refractivity contribution is -0.137. The Morgan fingerprint density at radius 1 is 0.971 bits per heavy atom. The number of β-amino-alcohol motifs (C(OH)–C–C–N with tert-alkyl or cyclic N) is 1. The topological polar surface area (TPSA) is 41.5 Å². The number of hydrogen-bond donors (Lipinski definition) is 2. The number of ether oxygens (including phenoxy) is 1. The zero-order valence-electron chi connectivity index (χ0n) is 19.6. The molecule has 1 saturated carbocycles. The summed E-state index contributed by atoms with van der Waals surface area (Å²) < 4.78 is 44.6. The highest BCUT2D eigenvalue weighted by Crippen LogP contribution is 2.44. The molecule has 3 aromatic rings. The van der Waals surface area contributed by atoms with E-state index in [0.29, 0.717) is 12.5 Å². The Kier molecular flexibility index (Phi) is 7.31. The zero-order valence-corrected chi connectivity index (χ0v) is 19.6. The predicted molar refractivity (Wildman–Crippen MR) is 129 cm³/mol. The van der Waals surface area contributed by atoms with Crippen molar-refractivity contribution < 1.29 is 23.0 Å². The number of alkyl halides is 3. The second-order valence-electron chi connectivity index (χ2n) is 9.99. The van der Waals surface area contributed by atoms with Gasteiger partial charge in [-0.15, -0.1) is 0 Å². The number of benzene rings is 3. The van der Waals surface area contributed by atoms with Crippen molar-refractivity contribution in [1.29, 1.82) is 0 Å². The van der Waals surface area contributed by atoms with Gasteiger partial charge in [0.15, 0.2) is 0 Å². The largest absolute Gasteiger partial charge is 0.416 e. The number of rotatable bonds is 10. The van der Waals surface area contributed by atoms with Crippen LogP contribution in [0.1, 0.15) is 49.5 Å². The Bertz CT molecular complexity index is 1090. The summed E-state index contributed by atoms with van der Waals surface area (Å²) in [5.74, 6) is 0.293. The summed E-state index contributed by atoms with van der Waals surface area (Å²) in [6.45, 7) is 4.70. The van der Waals surface area contributed by atoms with Crippen molar-refractivity contribution in [1.82, 2.24) is 5.32 Å². The van der Waals surface area contributed by atoms with Gasteiger partial charge in [-0.3, -0.25) is 0 Å². The molecule has 6 heteroatoms. The average Bonchev–Trinajstić information content (AvgIpc) is 3.63. The van der Waals surface area contributed by atoms with Gasteiger partial charge in [-0.2, -0.15) is 13.2 Å². The van der Waals surface area contributed by atoms with Crippen LogP contribution in [-0.4, -0.2) is 29.9 Å². The SMILES string of the molecule is CC(C)(Cc1ccc2ccccc2c1)NC[C@@H](O)COC(c1ccc(C(F)(F)F)cc1)C1CC1. The van der Waals surface area contributed by atoms with Gasteiger partial charge < -0.3 is 15.2 Å². The molecule has 0 heterocycles. The predicted octanol–water partition coefficient (Wildman–Crippen LogP) is 6.30. The summed E-state index contributed by atoms with van der Waals surface area (Å²) in [5.41, 5.74) is 1.06. The first-order chi connectivity index (χ1) is 16.1. The number of aliphatic hydroxyl groups is 1. The van der Waals surface area contributed by atoms with Gasteiger partial charge in [0.25, 0.3) is 0 Å². The van der Waals surface area contributed by atoms with Crippen LogP contribution in [-0.2, 0) is 17.3 Å². The van der Waals surface area contributed by atoms with E-state index < -0.39 is 17.8 Å². The van der Waals surface area contributed by atoms with Crippen LogP contribution >= 0.6 is 0 Å². The molecule has 182 valence electrons. The van der Waals surface area contributed by atoms with Gasteiger partial charge in [0.2, 0.25) is 0 Å². The van der Waals surface area contributed by atoms with Gasteiger partial charge >= 0.3 is 6.18 Å². The first-order valence-corrected chi connectivity index (χ1v) is 11.8. The molecule has 1 unspecified atom stereocenters. The van der Waals surface area contributed by atoms with E-state index in [2.05, 4.69) is 49.5 Å². The van der Waals surface area contributed by atoms with Crippen LogP contribution < -0.4 is 5.32 Å². The summed E-state index contributed by atoms with van der Waals surface area (Å²) in [7, 11) is 0. The van der Waals surface area contributed by atoms with E-state index in [4.69, 9.17) is 4.74 Å². The first-order valence-electron chi connectivity index (χ1n) is 11.8. The maximum absolute atomic E-state index is 12.9. The summed E-state index contributed by atoms with van der Waals surface area (Å²) in [6.07, 6.45) is -2.58. The molecule has 2 atom stereocenters. The van der Waals surface area contributed by atoms with Crippen molar-refractivity contribution in [3.8, 4) is 0 Å². The maximum Gasteiger partial charge on any atom is 0.416 e. The number of aliphatic hydroxyl groups excluding tert-OH is 1. The van der Waals surface area contributed by atoms with Gasteiger partial charge in [-0.25, -0.2) is 0 Å². The Balaban J connectivity index is 1.29. The van der Waals surface area contributed by atoms with Crippen LogP contribution in [0.25, 0.3) is 10.8 Å². The van der Waals surface area contributed by atoms with Crippen molar-refractivity contribution in [3.05, 3.63) is 83.4 Å². The summed E-state index contributed by atoms with van der Waals surface area (Å²) in [5, 5.41) is 16.4. The molecule has 1 aliphatic carbocycles. The number of halogens is 3. The summed E-state index contributed by atoms with van der Waals surface area (Å²) >= 11 is 0. The minimum atomic E-state index is -4.35. The molecular weight excluding hydrogens is 439 g/mol. The average molecular weight is 472 g/mol. The van der Waals surface area contributed by atoms with Crippen LogP contribution in [0.2, 0.25) is 0 Å². The molecule has 1 fully saturated rings. The van der Waals surface area contributed by atoms with Gasteiger partial charge in [0, 0.05) is 12.1 Å². The molecule has 0 bridgehead atoms. The monoisotopic (exact) mass is 471 g/mol. The lowest BCUT2D eigenvalue weighted by Gasteiger charge is -2.29. The van der Waals surface area contributed by atoms with Crippen LogP contribution in [0.3, 0.4) is 0 Å². The third-order valence-electron chi connectivity index (χ3n) is 6.36. The van der Waals surface area contributed by atoms with E-state index in [1.165, 1.54) is 28.5 Å². The molecular formula is C28H32F3NO2. The number of nitrogens with one attached hydrogen (secondary N) is 1. The van der Waals surface area contributed by atoms with Gasteiger partial charge in [0.1, 0.15) is 0 Å². The van der Waals surface area contributed by atoms with E-state index in [0.717, 1.165) is 37.0 Å². The van der Waals surface area contributed by atoms with Crippen molar-refractivity contribution in [2.75, 3.05) is 13.2 Å². The quantitative estimate of drug-likeness (QED) is 0.365. The molecule has 3 nitrogen and oxygen atoms in total. The van der Waals surface area contributed by atoms with E-state index >= 15 is 0 Å². The lowest BCUT2D eigenvalue weighted by atomic mass is 9.93. The zero-order chi connectivity index (χ0) is 24.3. The maximum atomic E-state index is 12.9. The van der Waals surface area contributed by atoms with Crippen molar-refractivity contribution in [2.45, 2.75) is 57.0 Å². The van der Waals surface area contributed by atoms with Gasteiger partial charge in [-0.1, -0.05) is 54.6 Å². The fraction of sp³-hybridized carbons (Fsp3) is 0.429. The molecule has 0 radical (unpaired) electrons. The fourth-order valence-corrected chi connectivity index (χ4v) is 4.35. The molecule has 0 spiro atoms. The minimum absolute atomic E-state index is 0.126. The summed E-state index contributed by atoms with van der Waals surface area (Å²) in [4.78, 5) is 0. The molecule has 0 amide bonds. The van der Waals surface area contributed by atoms with Crippen LogP contribution in [0.5, 0.6) is 0 Å². The number of fused-ring (bicyclic) bond motifs is 1. The standard InChI is InChI=1S/C28H32F3NO2/c1-27(2,16-19-7-8-20-5-3-4-6-23(20)15-19)32-17-25(33)18-34-26(21-9-10-21)22-11-13-24(14-12-22)28(29,30)31/h3-8,11-15,21,25-26,32-33H,9-10,16-18H2,1-2H3/t25-,26?/m1/s1. The molecule has 0 saturated heterocycles. The van der Waals surface area contributed by atoms with Gasteiger partial charge in [-0.05, 0) is 73.1 Å². The fourth-order valence-electron chi connectivity index (χ4n) is 4.35. The highest BCUT2D eigenvalue weighted by molar-refractivity contribution is 5.83. The molecule has 0 aliphatic heterocycles. The first kappa shape index (κ1) is 24.7.